The van der Waals surface area contributed by atoms with Gasteiger partial charge in [-0.2, -0.15) is 0 Å². The van der Waals surface area contributed by atoms with Crippen molar-refractivity contribution in [2.75, 3.05) is 5.32 Å². The van der Waals surface area contributed by atoms with Crippen LogP contribution in [0.25, 0.3) is 11.0 Å². The van der Waals surface area contributed by atoms with Gasteiger partial charge in [0.1, 0.15) is 0 Å². The molecule has 0 saturated carbocycles. The molecule has 158 valence electrons. The quantitative estimate of drug-likeness (QED) is 0.368. The van der Waals surface area contributed by atoms with Crippen LogP contribution in [0.4, 0.5) is 5.69 Å². The lowest BCUT2D eigenvalue weighted by molar-refractivity contribution is 0.102. The predicted molar refractivity (Wildman–Crippen MR) is 123 cm³/mol. The third kappa shape index (κ3) is 5.52. The van der Waals surface area contributed by atoms with Crippen LogP contribution in [0, 0.1) is 0 Å². The van der Waals surface area contributed by atoms with Crippen molar-refractivity contribution in [3.63, 3.8) is 0 Å². The van der Waals surface area contributed by atoms with E-state index in [9.17, 15) is 13.2 Å². The summed E-state index contributed by atoms with van der Waals surface area (Å²) in [4.78, 5) is 20.7. The van der Waals surface area contributed by atoms with Crippen molar-refractivity contribution in [1.29, 1.82) is 0 Å². The zero-order valence-electron chi connectivity index (χ0n) is 16.4. The molecule has 1 heterocycles. The number of aromatic nitrogens is 2. The molecule has 0 fully saturated rings. The molecule has 0 atom stereocenters. The molecule has 0 bridgehead atoms. The third-order valence-corrected chi connectivity index (χ3v) is 6.20. The fraction of sp³-hybridized carbons (Fsp3) is 0.0909. The van der Waals surface area contributed by atoms with Crippen LogP contribution in [0.3, 0.4) is 0 Å². The lowest BCUT2D eigenvalue weighted by Gasteiger charge is -2.10. The summed E-state index contributed by atoms with van der Waals surface area (Å²) >= 11 is 1.52. The van der Waals surface area contributed by atoms with Crippen molar-refractivity contribution < 1.29 is 13.2 Å². The van der Waals surface area contributed by atoms with Gasteiger partial charge in [0.25, 0.3) is 5.91 Å². The summed E-state index contributed by atoms with van der Waals surface area (Å²) in [7, 11) is -3.65. The average molecular weight is 453 g/mol. The Morgan fingerprint density at radius 1 is 1.03 bits per heavy atom. The molecule has 4 N–H and O–H groups in total. The van der Waals surface area contributed by atoms with Gasteiger partial charge in [0, 0.05) is 17.0 Å². The van der Waals surface area contributed by atoms with Crippen LogP contribution in [0.1, 0.15) is 21.5 Å². The van der Waals surface area contributed by atoms with Crippen molar-refractivity contribution in [2.24, 2.45) is 5.14 Å². The monoisotopic (exact) mass is 452 g/mol. The second kappa shape index (κ2) is 8.93. The van der Waals surface area contributed by atoms with Gasteiger partial charge in [-0.1, -0.05) is 54.2 Å². The lowest BCUT2D eigenvalue weighted by Crippen LogP contribution is -2.16. The Kier molecular flexibility index (Phi) is 6.08. The number of carbonyl (C=O) groups excluding carboxylic acids is 1. The molecule has 0 saturated heterocycles. The minimum atomic E-state index is -3.65. The van der Waals surface area contributed by atoms with E-state index in [1.807, 2.05) is 42.5 Å². The zero-order chi connectivity index (χ0) is 21.8. The number of sulfonamides is 1. The number of hydrogen-bond acceptors (Lipinski definition) is 5. The maximum Gasteiger partial charge on any atom is 0.255 e. The van der Waals surface area contributed by atoms with Crippen LogP contribution in [0.2, 0.25) is 0 Å². The molecule has 0 aliphatic heterocycles. The fourth-order valence-electron chi connectivity index (χ4n) is 3.18. The number of thioether (sulfide) groups is 1. The number of nitrogens with zero attached hydrogens (tertiary/aromatic N) is 1. The number of nitrogens with one attached hydrogen (secondary N) is 2. The van der Waals surface area contributed by atoms with Gasteiger partial charge in [-0.15, -0.1) is 0 Å². The van der Waals surface area contributed by atoms with Gasteiger partial charge in [-0.3, -0.25) is 4.79 Å². The Morgan fingerprint density at radius 2 is 1.81 bits per heavy atom. The van der Waals surface area contributed by atoms with Crippen LogP contribution >= 0.6 is 11.8 Å². The van der Waals surface area contributed by atoms with Crippen molar-refractivity contribution in [2.45, 2.75) is 16.7 Å². The molecular formula is C22H20N4O3S2. The number of nitrogens with two attached hydrogens (primary N) is 1. The summed E-state index contributed by atoms with van der Waals surface area (Å²) in [6.45, 7) is 0. The number of rotatable bonds is 7. The van der Waals surface area contributed by atoms with Crippen LogP contribution in [-0.4, -0.2) is 24.3 Å². The number of fused-ring (bicyclic) bond motifs is 1. The summed E-state index contributed by atoms with van der Waals surface area (Å²) in [5.74, 6) is 0.00427. The van der Waals surface area contributed by atoms with E-state index in [2.05, 4.69) is 15.3 Å². The third-order valence-electron chi connectivity index (χ3n) is 4.55. The molecule has 9 heteroatoms. The van der Waals surface area contributed by atoms with Crippen LogP contribution in [-0.2, 0) is 21.5 Å². The SMILES string of the molecule is NS(=O)(=O)Cc1cccc(NC(=O)c2ccccc2CSc2nc3ccccc3[nH]2)c1. The van der Waals surface area contributed by atoms with Gasteiger partial charge >= 0.3 is 0 Å². The number of aromatic amines is 1. The molecule has 3 aromatic carbocycles. The molecular weight excluding hydrogens is 432 g/mol. The number of carbonyl (C=O) groups is 1. The highest BCUT2D eigenvalue weighted by molar-refractivity contribution is 7.98. The van der Waals surface area contributed by atoms with Crippen LogP contribution in [0.15, 0.2) is 78.0 Å². The van der Waals surface area contributed by atoms with E-state index in [1.54, 1.807) is 30.3 Å². The largest absolute Gasteiger partial charge is 0.333 e. The van der Waals surface area contributed by atoms with E-state index in [0.29, 0.717) is 22.6 Å². The first-order valence-corrected chi connectivity index (χ1v) is 12.1. The summed E-state index contributed by atoms with van der Waals surface area (Å²) < 4.78 is 22.7. The summed E-state index contributed by atoms with van der Waals surface area (Å²) in [6.07, 6.45) is 0. The Bertz CT molecular complexity index is 1320. The number of H-pyrrole nitrogens is 1. The van der Waals surface area contributed by atoms with Crippen molar-refractivity contribution in [3.8, 4) is 0 Å². The van der Waals surface area contributed by atoms with Crippen molar-refractivity contribution in [1.82, 2.24) is 9.97 Å². The van der Waals surface area contributed by atoms with E-state index in [1.165, 1.54) is 11.8 Å². The van der Waals surface area contributed by atoms with E-state index >= 15 is 0 Å². The number of imidazole rings is 1. The molecule has 1 aromatic heterocycles. The van der Waals surface area contributed by atoms with E-state index in [4.69, 9.17) is 5.14 Å². The highest BCUT2D eigenvalue weighted by Gasteiger charge is 2.13. The molecule has 0 aliphatic rings. The maximum absolute atomic E-state index is 12.9. The van der Waals surface area contributed by atoms with Gasteiger partial charge in [0.15, 0.2) is 5.16 Å². The minimum Gasteiger partial charge on any atom is -0.333 e. The Labute approximate surface area is 184 Å². The number of amides is 1. The number of hydrogen-bond donors (Lipinski definition) is 3. The molecule has 0 aliphatic carbocycles. The standard InChI is InChI=1S/C22H20N4O3S2/c23-31(28,29)14-15-6-5-8-17(12-15)24-21(27)18-9-2-1-7-16(18)13-30-22-25-19-10-3-4-11-20(19)26-22/h1-12H,13-14H2,(H,24,27)(H,25,26)(H2,23,28,29). The molecule has 0 radical (unpaired) electrons. The molecule has 0 spiro atoms. The summed E-state index contributed by atoms with van der Waals surface area (Å²) in [6, 6.07) is 21.8. The first kappa shape index (κ1) is 21.1. The van der Waals surface area contributed by atoms with Gasteiger partial charge in [-0.05, 0) is 41.5 Å². The lowest BCUT2D eigenvalue weighted by atomic mass is 10.1. The number of benzene rings is 3. The van der Waals surface area contributed by atoms with Crippen molar-refractivity contribution in [3.05, 3.63) is 89.5 Å². The summed E-state index contributed by atoms with van der Waals surface area (Å²) in [5.41, 5.74) is 4.29. The Hall–Kier alpha value is -3.14. The predicted octanol–water partition coefficient (Wildman–Crippen LogP) is 3.90. The number of primary sulfonamides is 1. The Morgan fingerprint density at radius 3 is 2.61 bits per heavy atom. The normalized spacial score (nSPS) is 11.5. The van der Waals surface area contributed by atoms with Gasteiger partial charge in [-0.25, -0.2) is 18.5 Å². The molecule has 7 nitrogen and oxygen atoms in total. The van der Waals surface area contributed by atoms with Gasteiger partial charge in [0.05, 0.1) is 16.8 Å². The second-order valence-corrected chi connectivity index (χ2v) is 9.55. The molecule has 0 unspecified atom stereocenters. The Balaban J connectivity index is 1.48. The smallest absolute Gasteiger partial charge is 0.255 e. The topological polar surface area (TPSA) is 118 Å². The zero-order valence-corrected chi connectivity index (χ0v) is 18.0. The van der Waals surface area contributed by atoms with Gasteiger partial charge in [0.2, 0.25) is 10.0 Å². The first-order valence-electron chi connectivity index (χ1n) is 9.44. The molecule has 4 rings (SSSR count). The maximum atomic E-state index is 12.9. The van der Waals surface area contributed by atoms with Crippen LogP contribution < -0.4 is 10.5 Å². The molecule has 1 amide bonds. The van der Waals surface area contributed by atoms with Gasteiger partial charge < -0.3 is 10.3 Å². The average Bonchev–Trinajstić information content (AvgIpc) is 3.14. The van der Waals surface area contributed by atoms with E-state index in [0.717, 1.165) is 21.8 Å². The number of anilines is 1. The van der Waals surface area contributed by atoms with Crippen LogP contribution in [0.5, 0.6) is 0 Å². The van der Waals surface area contributed by atoms with E-state index < -0.39 is 10.0 Å². The fourth-order valence-corrected chi connectivity index (χ4v) is 4.71. The van der Waals surface area contributed by atoms with Crippen molar-refractivity contribution >= 4 is 44.4 Å². The highest BCUT2D eigenvalue weighted by atomic mass is 32.2. The second-order valence-electron chi connectivity index (χ2n) is 6.97. The minimum absolute atomic E-state index is 0.270. The first-order chi connectivity index (χ1) is 14.9. The summed E-state index contributed by atoms with van der Waals surface area (Å²) in [5, 5.41) is 8.73. The number of para-hydroxylation sites is 2. The molecule has 4 aromatic rings. The molecule has 31 heavy (non-hydrogen) atoms. The highest BCUT2D eigenvalue weighted by Crippen LogP contribution is 2.25. The van der Waals surface area contributed by atoms with E-state index in [-0.39, 0.29) is 11.7 Å².